The SMILES string of the molecule is CCCc1cc(=O)oc2cc(O[C@@H](C)C(=O)N[C@@H](Cc3c[nH]c4ccc(O)cc34)C(=O)[O-])ccc12. The summed E-state index contributed by atoms with van der Waals surface area (Å²) in [6, 6.07) is 9.83. The van der Waals surface area contributed by atoms with Gasteiger partial charge in [-0.05, 0) is 54.8 Å². The zero-order valence-electron chi connectivity index (χ0n) is 19.3. The van der Waals surface area contributed by atoms with Gasteiger partial charge in [0, 0.05) is 41.0 Å². The Morgan fingerprint density at radius 1 is 1.14 bits per heavy atom. The van der Waals surface area contributed by atoms with Gasteiger partial charge in [-0.1, -0.05) is 13.3 Å². The highest BCUT2D eigenvalue weighted by Crippen LogP contribution is 2.25. The van der Waals surface area contributed by atoms with E-state index in [4.69, 9.17) is 9.15 Å². The number of ether oxygens (including phenoxy) is 1. The molecule has 0 saturated heterocycles. The number of carbonyl (C=O) groups is 2. The summed E-state index contributed by atoms with van der Waals surface area (Å²) in [6.07, 6.45) is 2.13. The minimum Gasteiger partial charge on any atom is -0.548 e. The first kappa shape index (κ1) is 23.9. The fraction of sp³-hybridized carbons (Fsp3) is 0.269. The molecule has 0 saturated carbocycles. The molecule has 0 aliphatic carbocycles. The van der Waals surface area contributed by atoms with Crippen LogP contribution in [0.4, 0.5) is 0 Å². The Hall–Kier alpha value is -4.27. The third-order valence-electron chi connectivity index (χ3n) is 5.78. The number of carboxylic acid groups (broad SMARTS) is 1. The van der Waals surface area contributed by atoms with Crippen molar-refractivity contribution in [1.82, 2.24) is 10.3 Å². The fourth-order valence-corrected chi connectivity index (χ4v) is 4.05. The van der Waals surface area contributed by atoms with E-state index < -0.39 is 29.6 Å². The molecule has 182 valence electrons. The van der Waals surface area contributed by atoms with Crippen molar-refractivity contribution in [2.24, 2.45) is 0 Å². The molecule has 1 amide bonds. The molecule has 4 aromatic rings. The first-order valence-corrected chi connectivity index (χ1v) is 11.3. The van der Waals surface area contributed by atoms with Gasteiger partial charge in [-0.15, -0.1) is 0 Å². The Bertz CT molecular complexity index is 1450. The van der Waals surface area contributed by atoms with Crippen molar-refractivity contribution >= 4 is 33.7 Å². The molecule has 2 aromatic carbocycles. The largest absolute Gasteiger partial charge is 0.548 e. The average Bonchev–Trinajstić information content (AvgIpc) is 3.20. The van der Waals surface area contributed by atoms with Gasteiger partial charge in [0.05, 0.1) is 12.0 Å². The smallest absolute Gasteiger partial charge is 0.336 e. The number of phenolic OH excluding ortho intramolecular Hbond substituents is 1. The summed E-state index contributed by atoms with van der Waals surface area (Å²) in [5, 5.41) is 25.4. The molecule has 0 radical (unpaired) electrons. The maximum Gasteiger partial charge on any atom is 0.336 e. The quantitative estimate of drug-likeness (QED) is 0.313. The first-order valence-electron chi connectivity index (χ1n) is 11.3. The molecule has 9 heteroatoms. The minimum absolute atomic E-state index is 0.0439. The summed E-state index contributed by atoms with van der Waals surface area (Å²) in [5.41, 5.74) is 2.08. The number of aromatic nitrogens is 1. The van der Waals surface area contributed by atoms with E-state index in [0.29, 0.717) is 22.3 Å². The Labute approximate surface area is 200 Å². The first-order chi connectivity index (χ1) is 16.7. The lowest BCUT2D eigenvalue weighted by Crippen LogP contribution is -2.52. The second-order valence-corrected chi connectivity index (χ2v) is 8.39. The number of hydrogen-bond donors (Lipinski definition) is 3. The number of hydrogen-bond acceptors (Lipinski definition) is 7. The summed E-state index contributed by atoms with van der Waals surface area (Å²) in [6.45, 7) is 3.50. The molecule has 3 N–H and O–H groups in total. The van der Waals surface area contributed by atoms with Crippen LogP contribution >= 0.6 is 0 Å². The number of amides is 1. The molecule has 0 fully saturated rings. The third kappa shape index (κ3) is 5.29. The van der Waals surface area contributed by atoms with Crippen molar-refractivity contribution in [2.45, 2.75) is 45.3 Å². The van der Waals surface area contributed by atoms with Gasteiger partial charge in [-0.25, -0.2) is 4.79 Å². The van der Waals surface area contributed by atoms with Crippen LogP contribution in [-0.2, 0) is 22.4 Å². The summed E-state index contributed by atoms with van der Waals surface area (Å²) in [4.78, 5) is 39.4. The second-order valence-electron chi connectivity index (χ2n) is 8.39. The lowest BCUT2D eigenvalue weighted by molar-refractivity contribution is -0.308. The van der Waals surface area contributed by atoms with Crippen LogP contribution in [0.1, 0.15) is 31.4 Å². The van der Waals surface area contributed by atoms with Crippen LogP contribution in [0, 0.1) is 0 Å². The number of rotatable bonds is 9. The molecule has 4 rings (SSSR count). The van der Waals surface area contributed by atoms with Crippen LogP contribution in [-0.4, -0.2) is 34.1 Å². The maximum absolute atomic E-state index is 12.7. The Morgan fingerprint density at radius 2 is 1.94 bits per heavy atom. The molecule has 2 atom stereocenters. The van der Waals surface area contributed by atoms with Gasteiger partial charge in [-0.2, -0.15) is 0 Å². The molecule has 0 unspecified atom stereocenters. The number of aryl methyl sites for hydroxylation is 1. The van der Waals surface area contributed by atoms with E-state index in [1.165, 1.54) is 31.2 Å². The van der Waals surface area contributed by atoms with Crippen LogP contribution in [0.5, 0.6) is 11.5 Å². The molecule has 0 bridgehead atoms. The van der Waals surface area contributed by atoms with E-state index >= 15 is 0 Å². The van der Waals surface area contributed by atoms with E-state index in [-0.39, 0.29) is 12.2 Å². The molecular weight excluding hydrogens is 452 g/mol. The van der Waals surface area contributed by atoms with Gasteiger partial charge in [0.15, 0.2) is 6.10 Å². The number of aromatic amines is 1. The van der Waals surface area contributed by atoms with Crippen molar-refractivity contribution in [3.8, 4) is 11.5 Å². The zero-order valence-corrected chi connectivity index (χ0v) is 19.3. The summed E-state index contributed by atoms with van der Waals surface area (Å²) in [5.74, 6) is -1.75. The Balaban J connectivity index is 1.48. The summed E-state index contributed by atoms with van der Waals surface area (Å²) < 4.78 is 11.0. The molecule has 2 aromatic heterocycles. The number of carbonyl (C=O) groups excluding carboxylic acids is 2. The number of nitrogens with one attached hydrogen (secondary N) is 2. The van der Waals surface area contributed by atoms with Gasteiger partial charge < -0.3 is 34.5 Å². The lowest BCUT2D eigenvalue weighted by atomic mass is 10.0. The second kappa shape index (κ2) is 9.92. The van der Waals surface area contributed by atoms with Gasteiger partial charge in [0.1, 0.15) is 17.1 Å². The number of benzene rings is 2. The highest BCUT2D eigenvalue weighted by molar-refractivity contribution is 5.88. The highest BCUT2D eigenvalue weighted by atomic mass is 16.5. The van der Waals surface area contributed by atoms with Crippen LogP contribution in [0.25, 0.3) is 21.9 Å². The van der Waals surface area contributed by atoms with E-state index in [2.05, 4.69) is 10.3 Å². The van der Waals surface area contributed by atoms with Gasteiger partial charge in [0.2, 0.25) is 0 Å². The van der Waals surface area contributed by atoms with E-state index in [0.717, 1.165) is 29.3 Å². The molecule has 0 aliphatic rings. The van der Waals surface area contributed by atoms with Crippen molar-refractivity contribution in [2.75, 3.05) is 0 Å². The molecule has 0 spiro atoms. The summed E-state index contributed by atoms with van der Waals surface area (Å²) in [7, 11) is 0. The maximum atomic E-state index is 12.7. The molecule has 9 nitrogen and oxygen atoms in total. The molecular formula is C26H25N2O7-. The predicted molar refractivity (Wildman–Crippen MR) is 127 cm³/mol. The van der Waals surface area contributed by atoms with Crippen molar-refractivity contribution in [1.29, 1.82) is 0 Å². The minimum atomic E-state index is -1.45. The normalized spacial score (nSPS) is 13.0. The number of aliphatic carboxylic acids is 1. The Morgan fingerprint density at radius 3 is 2.69 bits per heavy atom. The Kier molecular flexibility index (Phi) is 6.77. The monoisotopic (exact) mass is 477 g/mol. The van der Waals surface area contributed by atoms with Crippen LogP contribution in [0.2, 0.25) is 0 Å². The summed E-state index contributed by atoms with van der Waals surface area (Å²) >= 11 is 0. The molecule has 35 heavy (non-hydrogen) atoms. The van der Waals surface area contributed by atoms with E-state index in [1.54, 1.807) is 24.4 Å². The van der Waals surface area contributed by atoms with E-state index in [1.807, 2.05) is 6.92 Å². The number of aromatic hydroxyl groups is 1. The number of phenols is 1. The highest BCUT2D eigenvalue weighted by Gasteiger charge is 2.22. The molecule has 2 heterocycles. The number of carboxylic acids is 1. The molecule has 0 aliphatic heterocycles. The van der Waals surface area contributed by atoms with Crippen molar-refractivity contribution in [3.63, 3.8) is 0 Å². The van der Waals surface area contributed by atoms with Crippen LogP contribution in [0.15, 0.2) is 57.9 Å². The van der Waals surface area contributed by atoms with Gasteiger partial charge in [0.25, 0.3) is 5.91 Å². The number of H-pyrrole nitrogens is 1. The number of fused-ring (bicyclic) bond motifs is 2. The fourth-order valence-electron chi connectivity index (χ4n) is 4.05. The third-order valence-corrected chi connectivity index (χ3v) is 5.78. The van der Waals surface area contributed by atoms with Crippen LogP contribution in [0.3, 0.4) is 0 Å². The standard InChI is InChI=1S/C26H26N2O7/c1-3-4-15-10-24(30)35-23-12-18(6-7-19(15)23)34-14(2)25(31)28-22(26(32)33)9-16-13-27-21-8-5-17(29)11-20(16)21/h5-8,10-14,22,27,29H,3-4,9H2,1-2H3,(H,28,31)(H,32,33)/p-1/t14-,22-/m0/s1. The van der Waals surface area contributed by atoms with E-state index in [9.17, 15) is 24.6 Å². The predicted octanol–water partition coefficient (Wildman–Crippen LogP) is 2.18. The lowest BCUT2D eigenvalue weighted by Gasteiger charge is -2.22. The van der Waals surface area contributed by atoms with Gasteiger partial charge in [-0.3, -0.25) is 4.79 Å². The van der Waals surface area contributed by atoms with Crippen molar-refractivity contribution < 1.29 is 29.0 Å². The van der Waals surface area contributed by atoms with Crippen LogP contribution < -0.4 is 20.8 Å². The zero-order chi connectivity index (χ0) is 25.1. The topological polar surface area (TPSA) is 145 Å². The average molecular weight is 477 g/mol. The van der Waals surface area contributed by atoms with Crippen molar-refractivity contribution in [3.05, 3.63) is 70.2 Å². The van der Waals surface area contributed by atoms with Gasteiger partial charge >= 0.3 is 5.63 Å².